The summed E-state index contributed by atoms with van der Waals surface area (Å²) in [6.07, 6.45) is 0.0425. The molecule has 8 nitrogen and oxygen atoms in total. The summed E-state index contributed by atoms with van der Waals surface area (Å²) < 4.78 is 0. The number of amides is 2. The van der Waals surface area contributed by atoms with Gasteiger partial charge in [0.05, 0.1) is 16.9 Å². The zero-order valence-electron chi connectivity index (χ0n) is 16.6. The van der Waals surface area contributed by atoms with E-state index >= 15 is 0 Å². The van der Waals surface area contributed by atoms with Crippen molar-refractivity contribution in [3.05, 3.63) is 86.6 Å². The lowest BCUT2D eigenvalue weighted by Gasteiger charge is -2.27. The lowest BCUT2D eigenvalue weighted by atomic mass is 9.98. The molecule has 4 rings (SSSR count). The minimum atomic E-state index is -0.650. The number of anilines is 2. The van der Waals surface area contributed by atoms with Crippen molar-refractivity contribution in [1.82, 2.24) is 5.43 Å². The first-order valence-electron chi connectivity index (χ1n) is 9.67. The topological polar surface area (TPSA) is 105 Å². The average molecular weight is 436 g/mol. The highest BCUT2D eigenvalue weighted by Gasteiger charge is 2.45. The van der Waals surface area contributed by atoms with Crippen LogP contribution in [0.3, 0.4) is 0 Å². The predicted octanol–water partition coefficient (Wildman–Crippen LogP) is 4.20. The van der Waals surface area contributed by atoms with Crippen LogP contribution < -0.4 is 15.8 Å². The molecule has 0 aliphatic carbocycles. The molecule has 2 atom stereocenters. The maximum atomic E-state index is 13.1. The summed E-state index contributed by atoms with van der Waals surface area (Å²) in [5.41, 5.74) is 7.04. The standard InChI is InChI=1S/C22H20N4O4S/c1-14-8-10-15(11-9-14)25-20(27)13-16(21(25)19-7-4-12-31-19)22(28)24-23-17-5-2-3-6-18(17)26(29)30/h2-12,16,21,23H,13H2,1H3,(H,24,28). The Hall–Kier alpha value is -3.72. The fourth-order valence-corrected chi connectivity index (χ4v) is 4.60. The Morgan fingerprint density at radius 3 is 2.55 bits per heavy atom. The number of benzene rings is 2. The molecule has 0 saturated carbocycles. The van der Waals surface area contributed by atoms with Crippen LogP contribution in [-0.4, -0.2) is 16.7 Å². The zero-order chi connectivity index (χ0) is 22.0. The van der Waals surface area contributed by atoms with E-state index in [0.29, 0.717) is 0 Å². The van der Waals surface area contributed by atoms with Crippen LogP contribution in [0, 0.1) is 23.0 Å². The van der Waals surface area contributed by atoms with Gasteiger partial charge in [0.1, 0.15) is 5.69 Å². The van der Waals surface area contributed by atoms with E-state index in [1.165, 1.54) is 23.5 Å². The first kappa shape index (κ1) is 20.5. The summed E-state index contributed by atoms with van der Waals surface area (Å²) in [6.45, 7) is 1.97. The Kier molecular flexibility index (Phi) is 5.68. The van der Waals surface area contributed by atoms with E-state index in [4.69, 9.17) is 0 Å². The number of nitrogens with one attached hydrogen (secondary N) is 2. The van der Waals surface area contributed by atoms with Gasteiger partial charge in [0.2, 0.25) is 11.8 Å². The molecule has 2 heterocycles. The van der Waals surface area contributed by atoms with Crippen molar-refractivity contribution in [2.45, 2.75) is 19.4 Å². The normalized spacial score (nSPS) is 18.1. The van der Waals surface area contributed by atoms with E-state index in [1.54, 1.807) is 17.0 Å². The van der Waals surface area contributed by atoms with Gasteiger partial charge in [0.25, 0.3) is 5.69 Å². The van der Waals surface area contributed by atoms with Crippen molar-refractivity contribution in [1.29, 1.82) is 0 Å². The van der Waals surface area contributed by atoms with Gasteiger partial charge >= 0.3 is 0 Å². The number of thiophene rings is 1. The Balaban J connectivity index is 1.59. The molecule has 31 heavy (non-hydrogen) atoms. The van der Waals surface area contributed by atoms with Gasteiger partial charge in [0.15, 0.2) is 0 Å². The molecule has 0 bridgehead atoms. The van der Waals surface area contributed by atoms with Crippen molar-refractivity contribution < 1.29 is 14.5 Å². The van der Waals surface area contributed by atoms with Crippen LogP contribution in [-0.2, 0) is 9.59 Å². The molecule has 2 amide bonds. The van der Waals surface area contributed by atoms with Gasteiger partial charge in [-0.25, -0.2) is 0 Å². The van der Waals surface area contributed by atoms with Crippen LogP contribution in [0.5, 0.6) is 0 Å². The highest BCUT2D eigenvalue weighted by Crippen LogP contribution is 2.43. The van der Waals surface area contributed by atoms with Gasteiger partial charge in [-0.05, 0) is 36.6 Å². The fraction of sp³-hybridized carbons (Fsp3) is 0.182. The molecule has 0 spiro atoms. The number of rotatable bonds is 6. The second kappa shape index (κ2) is 8.57. The van der Waals surface area contributed by atoms with E-state index in [-0.39, 0.29) is 23.7 Å². The number of aryl methyl sites for hydroxylation is 1. The smallest absolute Gasteiger partial charge is 0.294 e. The maximum Gasteiger partial charge on any atom is 0.294 e. The van der Waals surface area contributed by atoms with Gasteiger partial charge < -0.3 is 4.90 Å². The molecular formula is C22H20N4O4S. The molecule has 1 fully saturated rings. The minimum absolute atomic E-state index is 0.0425. The summed E-state index contributed by atoms with van der Waals surface area (Å²) in [5, 5.41) is 13.1. The predicted molar refractivity (Wildman–Crippen MR) is 119 cm³/mol. The fourth-order valence-electron chi connectivity index (χ4n) is 3.72. The monoisotopic (exact) mass is 436 g/mol. The highest BCUT2D eigenvalue weighted by molar-refractivity contribution is 7.10. The molecule has 1 saturated heterocycles. The molecule has 1 aliphatic heterocycles. The molecule has 3 aromatic rings. The van der Waals surface area contributed by atoms with E-state index in [2.05, 4.69) is 10.9 Å². The summed E-state index contributed by atoms with van der Waals surface area (Å²) in [6, 6.07) is 17.0. The number of carbonyl (C=O) groups excluding carboxylic acids is 2. The number of nitro groups is 1. The quantitative estimate of drug-likeness (QED) is 0.445. The molecular weight excluding hydrogens is 416 g/mol. The van der Waals surface area contributed by atoms with Crippen molar-refractivity contribution in [2.75, 3.05) is 10.3 Å². The van der Waals surface area contributed by atoms with Crippen LogP contribution in [0.4, 0.5) is 17.1 Å². The second-order valence-electron chi connectivity index (χ2n) is 7.26. The van der Waals surface area contributed by atoms with Gasteiger partial charge in [-0.15, -0.1) is 11.3 Å². The van der Waals surface area contributed by atoms with Crippen molar-refractivity contribution >= 4 is 40.2 Å². The minimum Gasteiger partial charge on any atom is -0.303 e. The SMILES string of the molecule is Cc1ccc(N2C(=O)CC(C(=O)NNc3ccccc3[N+](=O)[O-])C2c2cccs2)cc1. The molecule has 0 radical (unpaired) electrons. The summed E-state index contributed by atoms with van der Waals surface area (Å²) in [4.78, 5) is 39.2. The lowest BCUT2D eigenvalue weighted by Crippen LogP contribution is -2.38. The number of nitro benzene ring substituents is 1. The van der Waals surface area contributed by atoms with Gasteiger partial charge in [-0.1, -0.05) is 35.9 Å². The van der Waals surface area contributed by atoms with E-state index in [9.17, 15) is 19.7 Å². The Morgan fingerprint density at radius 1 is 1.13 bits per heavy atom. The Morgan fingerprint density at radius 2 is 1.87 bits per heavy atom. The van der Waals surface area contributed by atoms with Gasteiger partial charge in [-0.2, -0.15) is 0 Å². The molecule has 1 aliphatic rings. The van der Waals surface area contributed by atoms with Crippen LogP contribution in [0.1, 0.15) is 22.9 Å². The number of para-hydroxylation sites is 2. The largest absolute Gasteiger partial charge is 0.303 e. The van der Waals surface area contributed by atoms with Crippen molar-refractivity contribution in [2.24, 2.45) is 5.92 Å². The molecule has 2 unspecified atom stereocenters. The Labute approximate surface area is 182 Å². The third-order valence-corrected chi connectivity index (χ3v) is 6.17. The van der Waals surface area contributed by atoms with Gasteiger partial charge in [0, 0.05) is 23.1 Å². The van der Waals surface area contributed by atoms with Crippen LogP contribution in [0.2, 0.25) is 0 Å². The average Bonchev–Trinajstić information content (AvgIpc) is 3.40. The highest BCUT2D eigenvalue weighted by atomic mass is 32.1. The van der Waals surface area contributed by atoms with Crippen LogP contribution >= 0.6 is 11.3 Å². The van der Waals surface area contributed by atoms with E-state index < -0.39 is 22.8 Å². The number of carbonyl (C=O) groups is 2. The molecule has 1 aromatic heterocycles. The Bertz CT molecular complexity index is 1110. The molecule has 2 N–H and O–H groups in total. The van der Waals surface area contributed by atoms with Crippen LogP contribution in [0.25, 0.3) is 0 Å². The summed E-state index contributed by atoms with van der Waals surface area (Å²) in [5.74, 6) is -1.20. The first-order chi connectivity index (χ1) is 15.0. The van der Waals surface area contributed by atoms with Crippen molar-refractivity contribution in [3.63, 3.8) is 0 Å². The van der Waals surface area contributed by atoms with Crippen molar-refractivity contribution in [3.8, 4) is 0 Å². The summed E-state index contributed by atoms with van der Waals surface area (Å²) in [7, 11) is 0. The molecule has 9 heteroatoms. The van der Waals surface area contributed by atoms with Crippen LogP contribution in [0.15, 0.2) is 66.0 Å². The van der Waals surface area contributed by atoms with E-state index in [0.717, 1.165) is 16.1 Å². The third kappa shape index (κ3) is 4.13. The molecule has 2 aromatic carbocycles. The first-order valence-corrected chi connectivity index (χ1v) is 10.5. The number of hydrazine groups is 1. The lowest BCUT2D eigenvalue weighted by molar-refractivity contribution is -0.384. The number of nitrogens with zero attached hydrogens (tertiary/aromatic N) is 2. The van der Waals surface area contributed by atoms with Gasteiger partial charge in [-0.3, -0.25) is 30.6 Å². The summed E-state index contributed by atoms with van der Waals surface area (Å²) >= 11 is 1.48. The number of hydrogen-bond acceptors (Lipinski definition) is 6. The third-order valence-electron chi connectivity index (χ3n) is 5.23. The molecule has 158 valence electrons. The zero-order valence-corrected chi connectivity index (χ0v) is 17.5. The maximum absolute atomic E-state index is 13.1. The van der Waals surface area contributed by atoms with E-state index in [1.807, 2.05) is 48.7 Å². The second-order valence-corrected chi connectivity index (χ2v) is 8.24. The number of hydrogen-bond donors (Lipinski definition) is 2.